The molecule has 0 saturated heterocycles. The average Bonchev–Trinajstić information content (AvgIpc) is 0.898. The number of aliphatic hydroxyl groups is 2. The predicted octanol–water partition coefficient (Wildman–Crippen LogP) is 32.1. The van der Waals surface area contributed by atoms with Crippen molar-refractivity contribution in [2.24, 2.45) is 0 Å². The van der Waals surface area contributed by atoms with E-state index >= 15 is 0 Å². The third-order valence-corrected chi connectivity index (χ3v) is 23.2. The molecule has 0 aliphatic rings. The molecule has 16 nitrogen and oxygen atoms in total. The number of hydrogen-bond acceptors (Lipinski definition) is 14. The summed E-state index contributed by atoms with van der Waals surface area (Å²) in [6, 6.07) is 0. The van der Waals surface area contributed by atoms with Crippen LogP contribution in [0.1, 0.15) is 419 Å². The maximum Gasteiger partial charge on any atom is 0.472 e. The van der Waals surface area contributed by atoms with E-state index in [2.05, 4.69) is 215 Å². The number of hydrogen-bond donors (Lipinski definition) is 4. The minimum atomic E-state index is -4.95. The van der Waals surface area contributed by atoms with Gasteiger partial charge in [0.15, 0.2) is 6.10 Å². The van der Waals surface area contributed by atoms with Crippen LogP contribution in [0.25, 0.3) is 0 Å². The Morgan fingerprint density at radius 2 is 0.417 bits per heavy atom. The maximum absolute atomic E-state index is 13.1. The zero-order valence-corrected chi connectivity index (χ0v) is 82.2. The first-order valence-electron chi connectivity index (χ1n) is 50.7. The largest absolute Gasteiger partial charge is 0.472 e. The highest BCUT2D eigenvalue weighted by Gasteiger charge is 2.30. The first-order chi connectivity index (χ1) is 62.2. The SMILES string of the molecule is CC/C=C\C/C=C\C/C=C\C/C=C\C/C=C\C/C=C\CCCCCCCCCCCCCCCCCCC(=O)OCC(O)COP(=O)(O)OCC(O)COP(=O)(O)OCC(COC(=O)CCCCCCCCCCCC/C=C\C/C=C\C/C=C\C/C=C\C/C=C\C/C=C\CC)OC(=O)CCCCCCCCCCCCC/C=C\C/C=C\C/C=C\C/C=C\CCCCC. The number of carbonyl (C=O) groups excluding carboxylic acids is 3. The Balaban J connectivity index is 4.61. The summed E-state index contributed by atoms with van der Waals surface area (Å²) in [5.41, 5.74) is 0. The summed E-state index contributed by atoms with van der Waals surface area (Å²) in [6.45, 7) is 2.48. The topological polar surface area (TPSA) is 231 Å². The zero-order chi connectivity index (χ0) is 92.1. The molecule has 18 heteroatoms. The van der Waals surface area contributed by atoms with E-state index in [1.165, 1.54) is 180 Å². The van der Waals surface area contributed by atoms with E-state index in [4.69, 9.17) is 32.3 Å². The molecule has 0 amide bonds. The number of unbranched alkanes of at least 4 members (excludes halogenated alkanes) is 40. The van der Waals surface area contributed by atoms with E-state index in [-0.39, 0.29) is 19.3 Å². The van der Waals surface area contributed by atoms with E-state index < -0.39 is 91.5 Å². The first-order valence-corrected chi connectivity index (χ1v) is 53.7. The summed E-state index contributed by atoms with van der Waals surface area (Å²) in [5, 5.41) is 20.8. The normalized spacial score (nSPS) is 14.5. The molecule has 0 aromatic carbocycles. The molecule has 0 radical (unpaired) electrons. The first kappa shape index (κ1) is 121. The molecule has 127 heavy (non-hydrogen) atoms. The highest BCUT2D eigenvalue weighted by atomic mass is 31.2. The van der Waals surface area contributed by atoms with Crippen molar-refractivity contribution in [3.63, 3.8) is 0 Å². The fraction of sp³-hybridized carbons (Fsp3) is 0.679. The summed E-state index contributed by atoms with van der Waals surface area (Å²) in [5.74, 6) is -1.57. The third-order valence-electron chi connectivity index (χ3n) is 21.3. The van der Waals surface area contributed by atoms with Gasteiger partial charge in [0.05, 0.1) is 26.4 Å². The second kappa shape index (κ2) is 99.4. The Bertz CT molecular complexity index is 3090. The Morgan fingerprint density at radius 3 is 0.661 bits per heavy atom. The average molecular weight is 1810 g/mol. The van der Waals surface area contributed by atoms with Gasteiger partial charge in [-0.3, -0.25) is 32.5 Å². The van der Waals surface area contributed by atoms with E-state index in [1.54, 1.807) is 0 Å². The van der Waals surface area contributed by atoms with E-state index in [9.17, 15) is 43.5 Å². The van der Waals surface area contributed by atoms with Gasteiger partial charge in [-0.15, -0.1) is 0 Å². The van der Waals surface area contributed by atoms with Crippen LogP contribution in [0.3, 0.4) is 0 Å². The number of rotatable bonds is 95. The molecule has 726 valence electrons. The van der Waals surface area contributed by atoms with Crippen LogP contribution in [0.15, 0.2) is 194 Å². The van der Waals surface area contributed by atoms with Crippen molar-refractivity contribution in [3.8, 4) is 0 Å². The number of phosphoric ester groups is 2. The van der Waals surface area contributed by atoms with E-state index in [0.717, 1.165) is 180 Å². The summed E-state index contributed by atoms with van der Waals surface area (Å²) in [7, 11) is -9.82. The maximum atomic E-state index is 13.1. The summed E-state index contributed by atoms with van der Waals surface area (Å²) < 4.78 is 61.7. The second-order valence-electron chi connectivity index (χ2n) is 33.5. The van der Waals surface area contributed by atoms with Crippen LogP contribution in [0.5, 0.6) is 0 Å². The van der Waals surface area contributed by atoms with Gasteiger partial charge in [-0.25, -0.2) is 9.13 Å². The molecular formula is C109H184O16P2. The molecule has 0 aliphatic heterocycles. The smallest absolute Gasteiger partial charge is 0.463 e. The van der Waals surface area contributed by atoms with Crippen molar-refractivity contribution in [1.82, 2.24) is 0 Å². The van der Waals surface area contributed by atoms with Crippen LogP contribution in [0.4, 0.5) is 0 Å². The molecular weight excluding hydrogens is 1630 g/mol. The molecule has 0 rings (SSSR count). The highest BCUT2D eigenvalue weighted by molar-refractivity contribution is 7.47. The molecule has 5 atom stereocenters. The minimum absolute atomic E-state index is 0.0950. The van der Waals surface area contributed by atoms with Gasteiger partial charge in [0.1, 0.15) is 25.4 Å². The Hall–Kier alpha value is -5.61. The standard InChI is InChI=1S/C109H184O16P2/c1-4-7-10-13-16-19-22-25-28-31-34-37-40-43-46-48-49-50-51-52-53-55-58-59-62-65-68-71-74-77-80-83-86-89-92-95-107(112)119-98-104(110)99-121-126(115,116)122-100-105(111)101-123-127(117,118)124-103-106(125-109(114)97-94-91-88-85-82-79-76-73-70-67-64-61-56-45-42-39-36-33-30-27-24-21-18-15-12-9-6-3)102-120-108(113)96-93-90-87-84-81-78-75-72-69-66-63-60-57-54-47-44-41-38-35-32-29-26-23-20-17-14-11-8-5-2/h7-8,10-11,16-21,25-30,34-39,43-47,49-50,56-57,60,104-106,110-111H,4-6,9,12-15,22-24,31-33,40-42,48,51-55,58-59,61-103H2,1-3H3,(H,115,116)(H,117,118)/b10-7-,11-8-,19-16-,20-17-,21-18-,28-25-,29-26-,30-27-,37-34-,38-35-,39-36-,46-43-,47-44-,50-49-,56-45-,60-57-. The van der Waals surface area contributed by atoms with Crippen molar-refractivity contribution in [2.75, 3.05) is 39.6 Å². The number of phosphoric acid groups is 2. The Kier molecular flexibility index (Phi) is 95.0. The Morgan fingerprint density at radius 1 is 0.228 bits per heavy atom. The Labute approximate surface area is 776 Å². The van der Waals surface area contributed by atoms with Gasteiger partial charge < -0.3 is 34.2 Å². The van der Waals surface area contributed by atoms with Crippen molar-refractivity contribution in [2.45, 2.75) is 437 Å². The molecule has 0 bridgehead atoms. The van der Waals surface area contributed by atoms with Crippen molar-refractivity contribution < 1.29 is 75.8 Å². The van der Waals surface area contributed by atoms with Gasteiger partial charge in [-0.2, -0.15) is 0 Å². The lowest BCUT2D eigenvalue weighted by molar-refractivity contribution is -0.161. The number of esters is 3. The fourth-order valence-electron chi connectivity index (χ4n) is 13.7. The molecule has 0 aliphatic carbocycles. The van der Waals surface area contributed by atoms with Crippen molar-refractivity contribution in [3.05, 3.63) is 194 Å². The van der Waals surface area contributed by atoms with E-state index in [1.807, 2.05) is 0 Å². The monoisotopic (exact) mass is 1810 g/mol. The van der Waals surface area contributed by atoms with Crippen LogP contribution in [0, 0.1) is 0 Å². The third kappa shape index (κ3) is 101. The number of aliphatic hydroxyl groups excluding tert-OH is 2. The van der Waals surface area contributed by atoms with Crippen LogP contribution >= 0.6 is 15.6 Å². The van der Waals surface area contributed by atoms with Crippen LogP contribution in [-0.4, -0.2) is 95.9 Å². The molecule has 0 heterocycles. The molecule has 0 spiro atoms. The van der Waals surface area contributed by atoms with Gasteiger partial charge >= 0.3 is 33.6 Å². The van der Waals surface area contributed by atoms with Crippen LogP contribution < -0.4 is 0 Å². The lowest BCUT2D eigenvalue weighted by atomic mass is 10.0. The number of carbonyl (C=O) groups is 3. The summed E-state index contributed by atoms with van der Waals surface area (Å²) in [6.07, 6.45) is 133. The molecule has 4 N–H and O–H groups in total. The van der Waals surface area contributed by atoms with Gasteiger partial charge in [-0.05, 0) is 167 Å². The van der Waals surface area contributed by atoms with E-state index in [0.29, 0.717) is 19.3 Å². The highest BCUT2D eigenvalue weighted by Crippen LogP contribution is 2.45. The van der Waals surface area contributed by atoms with Gasteiger partial charge in [-0.1, -0.05) is 427 Å². The van der Waals surface area contributed by atoms with Crippen molar-refractivity contribution in [1.29, 1.82) is 0 Å². The molecule has 0 aromatic rings. The second-order valence-corrected chi connectivity index (χ2v) is 36.4. The molecule has 0 aromatic heterocycles. The fourth-order valence-corrected chi connectivity index (χ4v) is 15.3. The van der Waals surface area contributed by atoms with Gasteiger partial charge in [0.25, 0.3) is 0 Å². The number of allylic oxidation sites excluding steroid dienone is 32. The summed E-state index contributed by atoms with van der Waals surface area (Å²) in [4.78, 5) is 59.2. The lowest BCUT2D eigenvalue weighted by Gasteiger charge is -2.21. The van der Waals surface area contributed by atoms with Crippen molar-refractivity contribution >= 4 is 33.6 Å². The van der Waals surface area contributed by atoms with Gasteiger partial charge in [0.2, 0.25) is 0 Å². The quantitative estimate of drug-likeness (QED) is 0.0146. The molecule has 0 saturated carbocycles. The van der Waals surface area contributed by atoms with Crippen LogP contribution in [-0.2, 0) is 55.8 Å². The predicted molar refractivity (Wildman–Crippen MR) is 537 cm³/mol. The molecule has 5 unspecified atom stereocenters. The zero-order valence-electron chi connectivity index (χ0n) is 80.4. The number of ether oxygens (including phenoxy) is 3. The molecule has 0 fully saturated rings. The minimum Gasteiger partial charge on any atom is -0.463 e. The lowest BCUT2D eigenvalue weighted by Crippen LogP contribution is -2.30. The van der Waals surface area contributed by atoms with Gasteiger partial charge in [0, 0.05) is 19.3 Å². The summed E-state index contributed by atoms with van der Waals surface area (Å²) >= 11 is 0. The van der Waals surface area contributed by atoms with Crippen LogP contribution in [0.2, 0.25) is 0 Å².